The number of benzene rings is 2. The monoisotopic (exact) mass is 327 g/mol. The molecule has 0 unspecified atom stereocenters. The van der Waals surface area contributed by atoms with E-state index in [9.17, 15) is 4.79 Å². The van der Waals surface area contributed by atoms with Crippen LogP contribution >= 0.6 is 23.2 Å². The summed E-state index contributed by atoms with van der Waals surface area (Å²) in [4.78, 5) is 10.2. The summed E-state index contributed by atoms with van der Waals surface area (Å²) >= 11 is 11.4. The SMILES string of the molecule is Cc1cc(OCC(=O)O)ccc1Cl.Nc1ccccc1Cl. The summed E-state index contributed by atoms with van der Waals surface area (Å²) in [5.41, 5.74) is 6.89. The molecule has 112 valence electrons. The lowest BCUT2D eigenvalue weighted by Gasteiger charge is -2.04. The van der Waals surface area contributed by atoms with E-state index in [-0.39, 0.29) is 6.61 Å². The van der Waals surface area contributed by atoms with Gasteiger partial charge in [0.05, 0.1) is 10.7 Å². The molecule has 0 fully saturated rings. The Morgan fingerprint density at radius 1 is 1.19 bits per heavy atom. The summed E-state index contributed by atoms with van der Waals surface area (Å²) in [6.45, 7) is 1.50. The molecule has 0 aliphatic rings. The Kier molecular flexibility index (Phi) is 6.85. The highest BCUT2D eigenvalue weighted by Crippen LogP contribution is 2.20. The number of rotatable bonds is 3. The van der Waals surface area contributed by atoms with E-state index in [1.807, 2.05) is 19.1 Å². The highest BCUT2D eigenvalue weighted by atomic mass is 35.5. The minimum atomic E-state index is -0.993. The van der Waals surface area contributed by atoms with Gasteiger partial charge >= 0.3 is 5.97 Å². The van der Waals surface area contributed by atoms with Crippen molar-refractivity contribution in [3.05, 3.63) is 58.1 Å². The molecule has 0 heterocycles. The maximum Gasteiger partial charge on any atom is 0.341 e. The van der Waals surface area contributed by atoms with E-state index in [2.05, 4.69) is 0 Å². The van der Waals surface area contributed by atoms with Gasteiger partial charge in [-0.1, -0.05) is 35.3 Å². The van der Waals surface area contributed by atoms with Gasteiger partial charge in [-0.2, -0.15) is 0 Å². The van der Waals surface area contributed by atoms with Crippen molar-refractivity contribution in [2.24, 2.45) is 0 Å². The highest BCUT2D eigenvalue weighted by Gasteiger charge is 2.01. The Balaban J connectivity index is 0.000000235. The minimum Gasteiger partial charge on any atom is -0.482 e. The number of carbonyl (C=O) groups is 1. The maximum absolute atomic E-state index is 10.2. The molecule has 4 nitrogen and oxygen atoms in total. The summed E-state index contributed by atoms with van der Waals surface area (Å²) < 4.78 is 4.95. The summed E-state index contributed by atoms with van der Waals surface area (Å²) in [5, 5.41) is 9.61. The Hall–Kier alpha value is -1.91. The predicted octanol–water partition coefficient (Wildman–Crippen LogP) is 4.03. The first kappa shape index (κ1) is 17.1. The first-order valence-electron chi connectivity index (χ1n) is 6.01. The smallest absolute Gasteiger partial charge is 0.341 e. The number of halogens is 2. The average molecular weight is 328 g/mol. The zero-order valence-electron chi connectivity index (χ0n) is 11.3. The largest absolute Gasteiger partial charge is 0.482 e. The van der Waals surface area contributed by atoms with E-state index in [4.69, 9.17) is 38.8 Å². The normalized spacial score (nSPS) is 9.48. The highest BCUT2D eigenvalue weighted by molar-refractivity contribution is 6.33. The van der Waals surface area contributed by atoms with Crippen LogP contribution in [0.1, 0.15) is 5.56 Å². The first-order valence-corrected chi connectivity index (χ1v) is 6.76. The second kappa shape index (κ2) is 8.39. The van der Waals surface area contributed by atoms with E-state index >= 15 is 0 Å². The molecule has 6 heteroatoms. The van der Waals surface area contributed by atoms with Crippen molar-refractivity contribution in [3.63, 3.8) is 0 Å². The standard InChI is InChI=1S/C9H9ClO3.C6H6ClN/c1-6-4-7(2-3-8(6)10)13-5-9(11)12;7-5-3-1-2-4-6(5)8/h2-4H,5H2,1H3,(H,11,12);1-4H,8H2. The number of ether oxygens (including phenoxy) is 1. The number of para-hydroxylation sites is 1. The number of hydrogen-bond acceptors (Lipinski definition) is 3. The third-order valence-electron chi connectivity index (χ3n) is 2.40. The topological polar surface area (TPSA) is 72.5 Å². The van der Waals surface area contributed by atoms with Crippen molar-refractivity contribution in [1.29, 1.82) is 0 Å². The molecule has 2 rings (SSSR count). The van der Waals surface area contributed by atoms with Gasteiger partial charge in [-0.3, -0.25) is 0 Å². The Labute approximate surface area is 133 Å². The van der Waals surface area contributed by atoms with E-state index in [1.54, 1.807) is 30.3 Å². The van der Waals surface area contributed by atoms with Crippen molar-refractivity contribution < 1.29 is 14.6 Å². The number of aliphatic carboxylic acids is 1. The third kappa shape index (κ3) is 6.38. The molecule has 3 N–H and O–H groups in total. The third-order valence-corrected chi connectivity index (χ3v) is 3.17. The quantitative estimate of drug-likeness (QED) is 0.834. The van der Waals surface area contributed by atoms with E-state index in [0.717, 1.165) is 5.56 Å². The van der Waals surface area contributed by atoms with Crippen LogP contribution in [0.25, 0.3) is 0 Å². The molecule has 2 aromatic carbocycles. The molecule has 0 aliphatic carbocycles. The molecule has 0 aromatic heterocycles. The van der Waals surface area contributed by atoms with Crippen molar-refractivity contribution >= 4 is 34.9 Å². The Bertz CT molecular complexity index is 597. The lowest BCUT2D eigenvalue weighted by atomic mass is 10.2. The van der Waals surface area contributed by atoms with Crippen LogP contribution in [0.4, 0.5) is 5.69 Å². The number of aryl methyl sites for hydroxylation is 1. The van der Waals surface area contributed by atoms with E-state index < -0.39 is 5.97 Å². The van der Waals surface area contributed by atoms with Crippen LogP contribution in [-0.4, -0.2) is 17.7 Å². The van der Waals surface area contributed by atoms with Gasteiger partial charge in [-0.25, -0.2) is 4.79 Å². The molecule has 0 bridgehead atoms. The second-order valence-electron chi connectivity index (χ2n) is 4.11. The van der Waals surface area contributed by atoms with Crippen LogP contribution in [0.5, 0.6) is 5.75 Å². The number of carboxylic acid groups (broad SMARTS) is 1. The number of nitrogens with two attached hydrogens (primary N) is 1. The fourth-order valence-corrected chi connectivity index (χ4v) is 1.58. The zero-order chi connectivity index (χ0) is 15.8. The molecular weight excluding hydrogens is 313 g/mol. The summed E-state index contributed by atoms with van der Waals surface area (Å²) in [5.74, 6) is -0.475. The Morgan fingerprint density at radius 2 is 1.86 bits per heavy atom. The predicted molar refractivity (Wildman–Crippen MR) is 85.2 cm³/mol. The van der Waals surface area contributed by atoms with Crippen molar-refractivity contribution in [2.75, 3.05) is 12.3 Å². The first-order chi connectivity index (χ1) is 9.90. The van der Waals surface area contributed by atoms with Crippen LogP contribution < -0.4 is 10.5 Å². The van der Waals surface area contributed by atoms with Crippen LogP contribution in [0.2, 0.25) is 10.0 Å². The molecule has 0 atom stereocenters. The molecule has 0 amide bonds. The molecule has 21 heavy (non-hydrogen) atoms. The maximum atomic E-state index is 10.2. The molecule has 2 aromatic rings. The van der Waals surface area contributed by atoms with Crippen molar-refractivity contribution in [3.8, 4) is 5.75 Å². The van der Waals surface area contributed by atoms with Crippen LogP contribution in [-0.2, 0) is 4.79 Å². The number of nitrogen functional groups attached to an aromatic ring is 1. The molecular formula is C15H15Cl2NO3. The van der Waals surface area contributed by atoms with Gasteiger partial charge in [-0.05, 0) is 42.8 Å². The molecule has 0 radical (unpaired) electrons. The average Bonchev–Trinajstić information content (AvgIpc) is 2.44. The summed E-state index contributed by atoms with van der Waals surface area (Å²) in [7, 11) is 0. The summed E-state index contributed by atoms with van der Waals surface area (Å²) in [6, 6.07) is 12.2. The fraction of sp³-hybridized carbons (Fsp3) is 0.133. The molecule has 0 saturated heterocycles. The lowest BCUT2D eigenvalue weighted by molar-refractivity contribution is -0.139. The fourth-order valence-electron chi connectivity index (χ4n) is 1.33. The van der Waals surface area contributed by atoms with Gasteiger partial charge in [0.1, 0.15) is 5.75 Å². The number of hydrogen-bond donors (Lipinski definition) is 2. The zero-order valence-corrected chi connectivity index (χ0v) is 12.9. The van der Waals surface area contributed by atoms with Gasteiger partial charge in [0.25, 0.3) is 0 Å². The molecule has 0 spiro atoms. The van der Waals surface area contributed by atoms with E-state index in [1.165, 1.54) is 0 Å². The van der Waals surface area contributed by atoms with Crippen LogP contribution in [0.3, 0.4) is 0 Å². The van der Waals surface area contributed by atoms with Crippen molar-refractivity contribution in [1.82, 2.24) is 0 Å². The number of anilines is 1. The van der Waals surface area contributed by atoms with Crippen LogP contribution in [0, 0.1) is 6.92 Å². The second-order valence-corrected chi connectivity index (χ2v) is 4.93. The van der Waals surface area contributed by atoms with Crippen molar-refractivity contribution in [2.45, 2.75) is 6.92 Å². The van der Waals surface area contributed by atoms with Gasteiger partial charge in [-0.15, -0.1) is 0 Å². The van der Waals surface area contributed by atoms with E-state index in [0.29, 0.717) is 21.5 Å². The van der Waals surface area contributed by atoms with Gasteiger partial charge in [0.15, 0.2) is 6.61 Å². The number of carboxylic acids is 1. The van der Waals surface area contributed by atoms with Crippen LogP contribution in [0.15, 0.2) is 42.5 Å². The Morgan fingerprint density at radius 3 is 2.33 bits per heavy atom. The molecule has 0 saturated carbocycles. The molecule has 0 aliphatic heterocycles. The van der Waals surface area contributed by atoms with Gasteiger partial charge < -0.3 is 15.6 Å². The van der Waals surface area contributed by atoms with Gasteiger partial charge in [0.2, 0.25) is 0 Å². The van der Waals surface area contributed by atoms with Gasteiger partial charge in [0, 0.05) is 5.02 Å². The lowest BCUT2D eigenvalue weighted by Crippen LogP contribution is -2.09. The minimum absolute atomic E-state index is 0.332. The summed E-state index contributed by atoms with van der Waals surface area (Å²) in [6.07, 6.45) is 0.